The molecule has 0 aliphatic heterocycles. The number of esters is 1. The number of hydrogen-bond donors (Lipinski definition) is 1. The number of anilines is 1. The van der Waals surface area contributed by atoms with Gasteiger partial charge in [-0.3, -0.25) is 9.59 Å². The second-order valence-corrected chi connectivity index (χ2v) is 5.93. The van der Waals surface area contributed by atoms with E-state index in [0.717, 1.165) is 29.2 Å². The standard InChI is InChI=1S/C17H14F3NO3S/c18-17(19,20)12-6-8-13(9-7-12)21-15(22)10-24-16(23)11-25-14-4-2-1-3-5-14/h1-9H,10-11H2,(H,21,22). The summed E-state index contributed by atoms with van der Waals surface area (Å²) in [5, 5.41) is 2.36. The summed E-state index contributed by atoms with van der Waals surface area (Å²) in [6.07, 6.45) is -4.44. The van der Waals surface area contributed by atoms with Crippen LogP contribution in [0.15, 0.2) is 59.5 Å². The van der Waals surface area contributed by atoms with Crippen molar-refractivity contribution in [2.45, 2.75) is 11.1 Å². The third kappa shape index (κ3) is 6.50. The zero-order valence-electron chi connectivity index (χ0n) is 12.9. The van der Waals surface area contributed by atoms with Crippen LogP contribution in [0.2, 0.25) is 0 Å². The Labute approximate surface area is 146 Å². The van der Waals surface area contributed by atoms with E-state index in [2.05, 4.69) is 5.32 Å². The molecule has 0 aliphatic carbocycles. The number of halogens is 3. The van der Waals surface area contributed by atoms with E-state index < -0.39 is 30.2 Å². The van der Waals surface area contributed by atoms with E-state index in [4.69, 9.17) is 4.74 Å². The maximum absolute atomic E-state index is 12.4. The minimum atomic E-state index is -4.44. The molecular weight excluding hydrogens is 355 g/mol. The molecule has 0 saturated carbocycles. The Kier molecular flexibility index (Phi) is 6.46. The molecule has 2 rings (SSSR count). The molecule has 0 atom stereocenters. The molecule has 0 fully saturated rings. The molecule has 0 radical (unpaired) electrons. The summed E-state index contributed by atoms with van der Waals surface area (Å²) in [7, 11) is 0. The van der Waals surface area contributed by atoms with Crippen LogP contribution in [0.1, 0.15) is 5.56 Å². The van der Waals surface area contributed by atoms with Crippen molar-refractivity contribution in [3.63, 3.8) is 0 Å². The minimum Gasteiger partial charge on any atom is -0.455 e. The fourth-order valence-corrected chi connectivity index (χ4v) is 2.50. The lowest BCUT2D eigenvalue weighted by atomic mass is 10.2. The third-order valence-electron chi connectivity index (χ3n) is 2.96. The summed E-state index contributed by atoms with van der Waals surface area (Å²) < 4.78 is 42.1. The molecule has 2 aromatic carbocycles. The molecule has 0 bridgehead atoms. The highest BCUT2D eigenvalue weighted by atomic mass is 32.2. The quantitative estimate of drug-likeness (QED) is 0.618. The van der Waals surface area contributed by atoms with Crippen molar-refractivity contribution in [2.24, 2.45) is 0 Å². The van der Waals surface area contributed by atoms with Gasteiger partial charge in [0.05, 0.1) is 11.3 Å². The van der Waals surface area contributed by atoms with Gasteiger partial charge in [-0.25, -0.2) is 0 Å². The minimum absolute atomic E-state index is 0.0531. The largest absolute Gasteiger partial charge is 0.455 e. The molecule has 0 heterocycles. The number of thioether (sulfide) groups is 1. The van der Waals surface area contributed by atoms with Crippen LogP contribution in [0.4, 0.5) is 18.9 Å². The number of nitrogens with one attached hydrogen (secondary N) is 1. The normalized spacial score (nSPS) is 11.0. The Balaban J connectivity index is 1.74. The van der Waals surface area contributed by atoms with E-state index in [-0.39, 0.29) is 11.4 Å². The second-order valence-electron chi connectivity index (χ2n) is 4.89. The van der Waals surface area contributed by atoms with Gasteiger partial charge in [-0.1, -0.05) is 18.2 Å². The second kappa shape index (κ2) is 8.57. The summed E-state index contributed by atoms with van der Waals surface area (Å²) >= 11 is 1.28. The topological polar surface area (TPSA) is 55.4 Å². The van der Waals surface area contributed by atoms with E-state index >= 15 is 0 Å². The molecule has 0 saturated heterocycles. The number of carbonyl (C=O) groups excluding carboxylic acids is 2. The zero-order chi connectivity index (χ0) is 18.3. The fourth-order valence-electron chi connectivity index (χ4n) is 1.79. The van der Waals surface area contributed by atoms with E-state index in [9.17, 15) is 22.8 Å². The Bertz CT molecular complexity index is 718. The van der Waals surface area contributed by atoms with Crippen molar-refractivity contribution in [1.29, 1.82) is 0 Å². The molecule has 0 aliphatic rings. The van der Waals surface area contributed by atoms with Crippen LogP contribution in [-0.4, -0.2) is 24.2 Å². The highest BCUT2D eigenvalue weighted by Crippen LogP contribution is 2.29. The van der Waals surface area contributed by atoms with Crippen molar-refractivity contribution in [2.75, 3.05) is 17.7 Å². The molecule has 4 nitrogen and oxygen atoms in total. The summed E-state index contributed by atoms with van der Waals surface area (Å²) in [5.41, 5.74) is -0.623. The highest BCUT2D eigenvalue weighted by molar-refractivity contribution is 8.00. The summed E-state index contributed by atoms with van der Waals surface area (Å²) in [6, 6.07) is 13.2. The molecule has 0 spiro atoms. The smallest absolute Gasteiger partial charge is 0.416 e. The van der Waals surface area contributed by atoms with Crippen LogP contribution in [0.3, 0.4) is 0 Å². The number of hydrogen-bond acceptors (Lipinski definition) is 4. The van der Waals surface area contributed by atoms with Crippen molar-refractivity contribution in [3.05, 3.63) is 60.2 Å². The Morgan fingerprint density at radius 1 is 1.00 bits per heavy atom. The summed E-state index contributed by atoms with van der Waals surface area (Å²) in [6.45, 7) is -0.505. The van der Waals surface area contributed by atoms with Gasteiger partial charge in [0.15, 0.2) is 6.61 Å². The van der Waals surface area contributed by atoms with Gasteiger partial charge in [0, 0.05) is 10.6 Å². The van der Waals surface area contributed by atoms with Gasteiger partial charge < -0.3 is 10.1 Å². The Morgan fingerprint density at radius 3 is 2.24 bits per heavy atom. The molecule has 0 unspecified atom stereocenters. The fraction of sp³-hybridized carbons (Fsp3) is 0.176. The van der Waals surface area contributed by atoms with Gasteiger partial charge in [-0.05, 0) is 36.4 Å². The molecule has 1 amide bonds. The first-order chi connectivity index (χ1) is 11.8. The van der Waals surface area contributed by atoms with Gasteiger partial charge in [0.1, 0.15) is 0 Å². The first-order valence-electron chi connectivity index (χ1n) is 7.15. The number of alkyl halides is 3. The lowest BCUT2D eigenvalue weighted by Crippen LogP contribution is -2.21. The van der Waals surface area contributed by atoms with Crippen molar-refractivity contribution in [1.82, 2.24) is 0 Å². The van der Waals surface area contributed by atoms with Crippen molar-refractivity contribution in [3.8, 4) is 0 Å². The maximum Gasteiger partial charge on any atom is 0.416 e. The van der Waals surface area contributed by atoms with Crippen LogP contribution in [0, 0.1) is 0 Å². The van der Waals surface area contributed by atoms with Gasteiger partial charge in [0.2, 0.25) is 0 Å². The summed E-state index contributed by atoms with van der Waals surface area (Å²) in [5.74, 6) is -1.13. The lowest BCUT2D eigenvalue weighted by molar-refractivity contribution is -0.144. The van der Waals surface area contributed by atoms with Crippen molar-refractivity contribution < 1.29 is 27.5 Å². The van der Waals surface area contributed by atoms with E-state index in [1.54, 1.807) is 0 Å². The Hall–Kier alpha value is -2.48. The molecule has 2 aromatic rings. The molecule has 8 heteroatoms. The summed E-state index contributed by atoms with van der Waals surface area (Å²) in [4.78, 5) is 24.1. The zero-order valence-corrected chi connectivity index (χ0v) is 13.7. The molecule has 1 N–H and O–H groups in total. The number of carbonyl (C=O) groups is 2. The average molecular weight is 369 g/mol. The molecule has 132 valence electrons. The first kappa shape index (κ1) is 18.9. The molecule has 25 heavy (non-hydrogen) atoms. The third-order valence-corrected chi connectivity index (χ3v) is 3.95. The average Bonchev–Trinajstić information content (AvgIpc) is 2.59. The van der Waals surface area contributed by atoms with Gasteiger partial charge in [-0.2, -0.15) is 13.2 Å². The van der Waals surface area contributed by atoms with Crippen LogP contribution in [0.25, 0.3) is 0 Å². The highest BCUT2D eigenvalue weighted by Gasteiger charge is 2.29. The molecular formula is C17H14F3NO3S. The maximum atomic E-state index is 12.4. The van der Waals surface area contributed by atoms with Crippen LogP contribution in [-0.2, 0) is 20.5 Å². The number of rotatable bonds is 6. The predicted octanol–water partition coefficient (Wildman–Crippen LogP) is 3.98. The van der Waals surface area contributed by atoms with Crippen LogP contribution >= 0.6 is 11.8 Å². The van der Waals surface area contributed by atoms with E-state index in [1.165, 1.54) is 11.8 Å². The first-order valence-corrected chi connectivity index (χ1v) is 8.14. The van der Waals surface area contributed by atoms with Gasteiger partial charge >= 0.3 is 12.1 Å². The van der Waals surface area contributed by atoms with Gasteiger partial charge in [-0.15, -0.1) is 11.8 Å². The molecule has 0 aromatic heterocycles. The number of benzene rings is 2. The van der Waals surface area contributed by atoms with Crippen molar-refractivity contribution >= 4 is 29.3 Å². The lowest BCUT2D eigenvalue weighted by Gasteiger charge is -2.09. The van der Waals surface area contributed by atoms with E-state index in [1.807, 2.05) is 30.3 Å². The number of amides is 1. The van der Waals surface area contributed by atoms with Gasteiger partial charge in [0.25, 0.3) is 5.91 Å². The van der Waals surface area contributed by atoms with Crippen LogP contribution in [0.5, 0.6) is 0 Å². The monoisotopic (exact) mass is 369 g/mol. The SMILES string of the molecule is O=C(COC(=O)CSc1ccccc1)Nc1ccc(C(F)(F)F)cc1. The predicted molar refractivity (Wildman–Crippen MR) is 88.2 cm³/mol. The Morgan fingerprint density at radius 2 is 1.64 bits per heavy atom. The van der Waals surface area contributed by atoms with Crippen LogP contribution < -0.4 is 5.32 Å². The number of ether oxygens (including phenoxy) is 1. The van der Waals surface area contributed by atoms with E-state index in [0.29, 0.717) is 0 Å².